The lowest BCUT2D eigenvalue weighted by Gasteiger charge is -2.04. The van der Waals surface area contributed by atoms with Crippen molar-refractivity contribution in [2.75, 3.05) is 0 Å². The Labute approximate surface area is 144 Å². The lowest BCUT2D eigenvalue weighted by Crippen LogP contribution is -2.41. The number of hydrogen-bond donors (Lipinski definition) is 2. The van der Waals surface area contributed by atoms with Gasteiger partial charge >= 0.3 is 5.91 Å². The van der Waals surface area contributed by atoms with E-state index in [1.165, 1.54) is 6.07 Å². The van der Waals surface area contributed by atoms with E-state index in [0.29, 0.717) is 22.8 Å². The minimum Gasteiger partial charge on any atom is -0.466 e. The number of carbonyl (C=O) groups is 2. The van der Waals surface area contributed by atoms with Gasteiger partial charge < -0.3 is 8.94 Å². The summed E-state index contributed by atoms with van der Waals surface area (Å²) < 4.78 is 10.3. The van der Waals surface area contributed by atoms with Crippen LogP contribution < -0.4 is 10.9 Å². The Morgan fingerprint density at radius 3 is 2.28 bits per heavy atom. The average molecular weight is 339 g/mol. The molecule has 3 rings (SSSR count). The molecule has 0 unspecified atom stereocenters. The number of benzene rings is 1. The number of rotatable bonds is 3. The van der Waals surface area contributed by atoms with E-state index in [1.807, 2.05) is 31.2 Å². The first kappa shape index (κ1) is 16.5. The maximum absolute atomic E-state index is 12.1. The largest absolute Gasteiger partial charge is 0.466 e. The number of hydrazine groups is 1. The Balaban J connectivity index is 1.65. The Morgan fingerprint density at radius 2 is 1.64 bits per heavy atom. The highest BCUT2D eigenvalue weighted by Crippen LogP contribution is 2.19. The fraction of sp³-hybridized carbons (Fsp3) is 0.167. The number of nitrogens with zero attached hydrogens (tertiary/aromatic N) is 1. The molecule has 2 N–H and O–H groups in total. The summed E-state index contributed by atoms with van der Waals surface area (Å²) in [5.74, 6) is 0.0200. The molecule has 128 valence electrons. The van der Waals surface area contributed by atoms with Crippen molar-refractivity contribution in [3.63, 3.8) is 0 Å². The summed E-state index contributed by atoms with van der Waals surface area (Å²) in [7, 11) is 0. The lowest BCUT2D eigenvalue weighted by molar-refractivity contribution is 0.0824. The third-order valence-corrected chi connectivity index (χ3v) is 3.66. The second-order valence-electron chi connectivity index (χ2n) is 5.68. The molecule has 2 heterocycles. The van der Waals surface area contributed by atoms with Gasteiger partial charge in [-0.25, -0.2) is 0 Å². The van der Waals surface area contributed by atoms with Gasteiger partial charge in [0, 0.05) is 11.6 Å². The molecule has 0 atom stereocenters. The molecule has 7 nitrogen and oxygen atoms in total. The predicted molar refractivity (Wildman–Crippen MR) is 89.8 cm³/mol. The third-order valence-electron chi connectivity index (χ3n) is 3.66. The zero-order valence-corrected chi connectivity index (χ0v) is 14.0. The molecule has 0 bridgehead atoms. The molecule has 0 fully saturated rings. The van der Waals surface area contributed by atoms with Gasteiger partial charge in [0.25, 0.3) is 5.91 Å². The van der Waals surface area contributed by atoms with E-state index in [9.17, 15) is 9.59 Å². The van der Waals surface area contributed by atoms with Gasteiger partial charge in [-0.1, -0.05) is 35.0 Å². The van der Waals surface area contributed by atoms with Crippen LogP contribution in [-0.4, -0.2) is 17.0 Å². The minimum atomic E-state index is -0.600. The van der Waals surface area contributed by atoms with Gasteiger partial charge in [0.2, 0.25) is 5.76 Å². The standard InChI is InChI=1S/C18H17N3O4/c1-10-4-6-13(7-5-10)15-9-16(25-21-15)18(23)20-19-17(22)14-8-11(2)24-12(14)3/h4-9H,1-3H3,(H,19,22)(H,20,23). The first-order valence-corrected chi connectivity index (χ1v) is 7.65. The molecule has 0 spiro atoms. The number of hydrogen-bond acceptors (Lipinski definition) is 5. The molecular formula is C18H17N3O4. The summed E-state index contributed by atoms with van der Waals surface area (Å²) in [5, 5.41) is 3.88. The van der Waals surface area contributed by atoms with Crippen LogP contribution in [0.2, 0.25) is 0 Å². The molecule has 1 aromatic carbocycles. The van der Waals surface area contributed by atoms with Crippen LogP contribution in [0.4, 0.5) is 0 Å². The van der Waals surface area contributed by atoms with Crippen molar-refractivity contribution in [3.05, 3.63) is 64.8 Å². The van der Waals surface area contributed by atoms with Crippen LogP contribution in [0, 0.1) is 20.8 Å². The van der Waals surface area contributed by atoms with Crippen LogP contribution in [0.5, 0.6) is 0 Å². The van der Waals surface area contributed by atoms with Gasteiger partial charge in [-0.05, 0) is 26.8 Å². The molecular weight excluding hydrogens is 322 g/mol. The topological polar surface area (TPSA) is 97.4 Å². The number of amides is 2. The quantitative estimate of drug-likeness (QED) is 0.715. The molecule has 0 aliphatic rings. The van der Waals surface area contributed by atoms with Crippen molar-refractivity contribution < 1.29 is 18.5 Å². The van der Waals surface area contributed by atoms with Gasteiger partial charge in [-0.3, -0.25) is 20.4 Å². The molecule has 2 amide bonds. The molecule has 2 aromatic heterocycles. The van der Waals surface area contributed by atoms with Crippen LogP contribution in [0.1, 0.15) is 38.0 Å². The first-order valence-electron chi connectivity index (χ1n) is 7.65. The third kappa shape index (κ3) is 3.60. The molecule has 7 heteroatoms. The zero-order valence-electron chi connectivity index (χ0n) is 14.0. The highest BCUT2D eigenvalue weighted by atomic mass is 16.5. The molecule has 0 aliphatic heterocycles. The first-order chi connectivity index (χ1) is 11.9. The van der Waals surface area contributed by atoms with Gasteiger partial charge in [-0.2, -0.15) is 0 Å². The van der Waals surface area contributed by atoms with E-state index in [0.717, 1.165) is 11.1 Å². The highest BCUT2D eigenvalue weighted by Gasteiger charge is 2.17. The number of furan rings is 1. The summed E-state index contributed by atoms with van der Waals surface area (Å²) in [6.45, 7) is 5.40. The predicted octanol–water partition coefficient (Wildman–Crippen LogP) is 2.93. The Kier molecular flexibility index (Phi) is 4.38. The fourth-order valence-corrected chi connectivity index (χ4v) is 2.34. The van der Waals surface area contributed by atoms with Gasteiger partial charge in [0.05, 0.1) is 5.56 Å². The molecule has 0 radical (unpaired) electrons. The second-order valence-corrected chi connectivity index (χ2v) is 5.68. The number of aromatic nitrogens is 1. The summed E-state index contributed by atoms with van der Waals surface area (Å²) >= 11 is 0. The smallest absolute Gasteiger partial charge is 0.308 e. The minimum absolute atomic E-state index is 0.00373. The van der Waals surface area contributed by atoms with E-state index in [-0.39, 0.29) is 5.76 Å². The zero-order chi connectivity index (χ0) is 18.0. The van der Waals surface area contributed by atoms with E-state index in [4.69, 9.17) is 8.94 Å². The van der Waals surface area contributed by atoms with Crippen molar-refractivity contribution in [3.8, 4) is 11.3 Å². The molecule has 25 heavy (non-hydrogen) atoms. The van der Waals surface area contributed by atoms with Crippen LogP contribution in [0.3, 0.4) is 0 Å². The number of aryl methyl sites for hydroxylation is 3. The maximum Gasteiger partial charge on any atom is 0.308 e. The van der Waals surface area contributed by atoms with Crippen molar-refractivity contribution in [2.45, 2.75) is 20.8 Å². The Morgan fingerprint density at radius 1 is 0.960 bits per heavy atom. The van der Waals surface area contributed by atoms with Crippen molar-refractivity contribution in [1.82, 2.24) is 16.0 Å². The number of nitrogens with one attached hydrogen (secondary N) is 2. The van der Waals surface area contributed by atoms with Gasteiger partial charge in [-0.15, -0.1) is 0 Å². The van der Waals surface area contributed by atoms with E-state index in [2.05, 4.69) is 16.0 Å². The monoisotopic (exact) mass is 339 g/mol. The van der Waals surface area contributed by atoms with E-state index in [1.54, 1.807) is 19.9 Å². The van der Waals surface area contributed by atoms with Crippen LogP contribution in [-0.2, 0) is 0 Å². The Bertz CT molecular complexity index is 922. The fourth-order valence-electron chi connectivity index (χ4n) is 2.34. The second kappa shape index (κ2) is 6.64. The van der Waals surface area contributed by atoms with Crippen LogP contribution in [0.15, 0.2) is 45.3 Å². The normalized spacial score (nSPS) is 10.5. The summed E-state index contributed by atoms with van der Waals surface area (Å²) in [5.41, 5.74) is 7.47. The number of carbonyl (C=O) groups excluding carboxylic acids is 2. The highest BCUT2D eigenvalue weighted by molar-refractivity contribution is 5.98. The van der Waals surface area contributed by atoms with Crippen molar-refractivity contribution in [1.29, 1.82) is 0 Å². The lowest BCUT2D eigenvalue weighted by atomic mass is 10.1. The van der Waals surface area contributed by atoms with Crippen molar-refractivity contribution in [2.24, 2.45) is 0 Å². The van der Waals surface area contributed by atoms with Gasteiger partial charge in [0.15, 0.2) is 0 Å². The summed E-state index contributed by atoms with van der Waals surface area (Å²) in [6.07, 6.45) is 0. The van der Waals surface area contributed by atoms with Crippen LogP contribution >= 0.6 is 0 Å². The van der Waals surface area contributed by atoms with E-state index >= 15 is 0 Å². The summed E-state index contributed by atoms with van der Waals surface area (Å²) in [6, 6.07) is 10.8. The Hall–Kier alpha value is -3.35. The van der Waals surface area contributed by atoms with Gasteiger partial charge in [0.1, 0.15) is 17.2 Å². The van der Waals surface area contributed by atoms with Crippen LogP contribution in [0.25, 0.3) is 11.3 Å². The molecule has 0 aliphatic carbocycles. The molecule has 0 saturated heterocycles. The average Bonchev–Trinajstić information content (AvgIpc) is 3.20. The SMILES string of the molecule is Cc1ccc(-c2cc(C(=O)NNC(=O)c3cc(C)oc3C)on2)cc1. The molecule has 0 saturated carbocycles. The maximum atomic E-state index is 12.1. The summed E-state index contributed by atoms with van der Waals surface area (Å²) in [4.78, 5) is 24.1. The van der Waals surface area contributed by atoms with E-state index < -0.39 is 11.8 Å². The molecule has 3 aromatic rings. The van der Waals surface area contributed by atoms with Crippen molar-refractivity contribution >= 4 is 11.8 Å².